The summed E-state index contributed by atoms with van der Waals surface area (Å²) in [7, 11) is -8.27. The first-order valence-corrected chi connectivity index (χ1v) is 12.3. The first-order chi connectivity index (χ1) is 14.8. The minimum Gasteiger partial charge on any atom is -0.768 e. The highest BCUT2D eigenvalue weighted by molar-refractivity contribution is 7.87. The van der Waals surface area contributed by atoms with Gasteiger partial charge in [-0.1, -0.05) is 0 Å². The van der Waals surface area contributed by atoms with E-state index in [9.17, 15) is 35.3 Å². The molecule has 0 aromatic heterocycles. The van der Waals surface area contributed by atoms with Crippen LogP contribution in [0.1, 0.15) is 0 Å². The molecule has 0 fully saturated rings. The van der Waals surface area contributed by atoms with Gasteiger partial charge in [0.15, 0.2) is 0 Å². The van der Waals surface area contributed by atoms with Crippen LogP contribution in [0.4, 0.5) is 17.1 Å². The fraction of sp³-hybridized carbons (Fsp3) is 0.0588. The van der Waals surface area contributed by atoms with Crippen LogP contribution < -0.4 is 5.73 Å². The average Bonchev–Trinajstić information content (AvgIpc) is 2.72. The van der Waals surface area contributed by atoms with E-state index in [1.165, 1.54) is 24.3 Å². The molecule has 1 atom stereocenters. The third-order valence-corrected chi connectivity index (χ3v) is 7.02. The number of anilines is 1. The van der Waals surface area contributed by atoms with Crippen molar-refractivity contribution in [2.75, 3.05) is 12.8 Å². The van der Waals surface area contributed by atoms with Gasteiger partial charge in [-0.3, -0.25) is 12.9 Å². The van der Waals surface area contributed by atoms with Crippen molar-refractivity contribution in [2.24, 2.45) is 10.2 Å². The minimum atomic E-state index is -4.72. The summed E-state index contributed by atoms with van der Waals surface area (Å²) in [4.78, 5) is -1.28. The van der Waals surface area contributed by atoms with Crippen molar-refractivity contribution in [3.05, 3.63) is 42.5 Å². The highest BCUT2D eigenvalue weighted by atomic mass is 32.2. The molecule has 3 aromatic carbocycles. The van der Waals surface area contributed by atoms with E-state index in [0.29, 0.717) is 0 Å². The fourth-order valence-corrected chi connectivity index (χ4v) is 4.49. The molecular formula is C17H14N3O9S3-. The summed E-state index contributed by atoms with van der Waals surface area (Å²) in [5.74, 6) is -0.660. The van der Waals surface area contributed by atoms with Gasteiger partial charge in [-0.25, -0.2) is 0 Å². The lowest BCUT2D eigenvalue weighted by Gasteiger charge is -2.13. The molecule has 0 amide bonds. The van der Waals surface area contributed by atoms with Gasteiger partial charge in [0.2, 0.25) is 0 Å². The normalized spacial score (nSPS) is 13.6. The third kappa shape index (κ3) is 4.62. The Kier molecular flexibility index (Phi) is 6.32. The van der Waals surface area contributed by atoms with Crippen LogP contribution in [0, 0.1) is 0 Å². The number of nitrogen functional groups attached to an aromatic ring is 1. The van der Waals surface area contributed by atoms with Crippen LogP contribution >= 0.6 is 0 Å². The number of hydrogen-bond donors (Lipinski definition) is 3. The maximum Gasteiger partial charge on any atom is 0.299 e. The summed E-state index contributed by atoms with van der Waals surface area (Å²) < 4.78 is 83.4. The van der Waals surface area contributed by atoms with E-state index >= 15 is 0 Å². The molecule has 3 aromatic rings. The summed E-state index contributed by atoms with van der Waals surface area (Å²) >= 11 is -2.45. The number of phenols is 1. The Labute approximate surface area is 184 Å². The topological polar surface area (TPSA) is 209 Å². The second-order valence-corrected chi connectivity index (χ2v) is 10.2. The Bertz CT molecular complexity index is 1480. The average molecular weight is 501 g/mol. The Morgan fingerprint density at radius 1 is 1.06 bits per heavy atom. The van der Waals surface area contributed by atoms with E-state index in [0.717, 1.165) is 25.3 Å². The van der Waals surface area contributed by atoms with Crippen molar-refractivity contribution in [3.8, 4) is 5.75 Å². The van der Waals surface area contributed by atoms with Gasteiger partial charge in [-0.2, -0.15) is 21.9 Å². The zero-order chi connectivity index (χ0) is 23.8. The van der Waals surface area contributed by atoms with Crippen LogP contribution in [-0.4, -0.2) is 42.4 Å². The van der Waals surface area contributed by atoms with Crippen LogP contribution in [-0.2, 0) is 35.5 Å². The standard InChI is InChI=1S/C17H15N3O9S3/c1-29-32(27,28)14-7-9-6-12(31(24,25)26)8-13(21)15(9)16(18)17(14)20-19-10-2-4-11(5-3-10)30(22)23/h2-8,21H,18H2,1H3,(H,22,23)(H,24,25,26)/p-1. The Balaban J connectivity index is 2.28. The number of benzene rings is 3. The monoisotopic (exact) mass is 500 g/mol. The number of rotatable bonds is 6. The SMILES string of the molecule is COS(=O)(=O)c1cc2cc(S(=O)(=O)O)cc(O)c2c(N)c1N=Nc1ccc(S(=O)[O-])cc1. The maximum absolute atomic E-state index is 12.4. The molecule has 0 radical (unpaired) electrons. The van der Waals surface area contributed by atoms with Crippen LogP contribution in [0.15, 0.2) is 67.4 Å². The molecule has 3 rings (SSSR count). The lowest BCUT2D eigenvalue weighted by Crippen LogP contribution is -2.05. The zero-order valence-electron chi connectivity index (χ0n) is 16.0. The van der Waals surface area contributed by atoms with Gasteiger partial charge in [-0.05, 0) is 52.9 Å². The summed E-state index contributed by atoms with van der Waals surface area (Å²) in [5.41, 5.74) is 5.42. The second-order valence-electron chi connectivity index (χ2n) is 6.20. The van der Waals surface area contributed by atoms with Crippen molar-refractivity contribution >= 4 is 59.2 Å². The predicted octanol–water partition coefficient (Wildman–Crippen LogP) is 2.36. The summed E-state index contributed by atoms with van der Waals surface area (Å²) in [6, 6.07) is 7.72. The number of nitrogens with zero attached hydrogens (tertiary/aromatic N) is 2. The van der Waals surface area contributed by atoms with Gasteiger partial charge in [0.25, 0.3) is 20.2 Å². The summed E-state index contributed by atoms with van der Waals surface area (Å²) in [6.45, 7) is 0. The van der Waals surface area contributed by atoms with Crippen molar-refractivity contribution in [1.82, 2.24) is 0 Å². The first kappa shape index (κ1) is 23.7. The minimum absolute atomic E-state index is 0.00335. The molecule has 12 nitrogen and oxygen atoms in total. The lowest BCUT2D eigenvalue weighted by molar-refractivity contribution is 0.398. The summed E-state index contributed by atoms with van der Waals surface area (Å²) in [5, 5.41) is 17.7. The molecular weight excluding hydrogens is 486 g/mol. The van der Waals surface area contributed by atoms with E-state index in [4.69, 9.17) is 5.73 Å². The Morgan fingerprint density at radius 3 is 2.22 bits per heavy atom. The zero-order valence-corrected chi connectivity index (χ0v) is 18.4. The highest BCUT2D eigenvalue weighted by Crippen LogP contribution is 2.43. The quantitative estimate of drug-likeness (QED) is 0.148. The molecule has 32 heavy (non-hydrogen) atoms. The molecule has 0 heterocycles. The summed E-state index contributed by atoms with van der Waals surface area (Å²) in [6.07, 6.45) is 0. The first-order valence-electron chi connectivity index (χ1n) is 8.33. The van der Waals surface area contributed by atoms with Gasteiger partial charge in [0.05, 0.1) is 23.4 Å². The lowest BCUT2D eigenvalue weighted by atomic mass is 10.1. The van der Waals surface area contributed by atoms with Gasteiger partial charge >= 0.3 is 0 Å². The van der Waals surface area contributed by atoms with Crippen molar-refractivity contribution < 1.29 is 39.4 Å². The van der Waals surface area contributed by atoms with E-state index in [2.05, 4.69) is 14.4 Å². The number of azo groups is 1. The third-order valence-electron chi connectivity index (χ3n) is 4.25. The van der Waals surface area contributed by atoms with Crippen molar-refractivity contribution in [3.63, 3.8) is 0 Å². The van der Waals surface area contributed by atoms with E-state index in [-0.39, 0.29) is 27.0 Å². The molecule has 0 saturated heterocycles. The molecule has 0 aliphatic heterocycles. The van der Waals surface area contributed by atoms with Crippen LogP contribution in [0.2, 0.25) is 0 Å². The molecule has 170 valence electrons. The van der Waals surface area contributed by atoms with E-state index < -0.39 is 52.5 Å². The van der Waals surface area contributed by atoms with E-state index in [1.807, 2.05) is 0 Å². The largest absolute Gasteiger partial charge is 0.768 e. The second kappa shape index (κ2) is 8.53. The van der Waals surface area contributed by atoms with E-state index in [1.54, 1.807) is 0 Å². The van der Waals surface area contributed by atoms with Gasteiger partial charge in [0, 0.05) is 16.3 Å². The molecule has 4 N–H and O–H groups in total. The Hall–Kier alpha value is -2.95. The van der Waals surface area contributed by atoms with Crippen LogP contribution in [0.5, 0.6) is 5.75 Å². The van der Waals surface area contributed by atoms with Crippen LogP contribution in [0.25, 0.3) is 10.8 Å². The predicted molar refractivity (Wildman–Crippen MR) is 112 cm³/mol. The smallest absolute Gasteiger partial charge is 0.299 e. The Morgan fingerprint density at radius 2 is 1.69 bits per heavy atom. The highest BCUT2D eigenvalue weighted by Gasteiger charge is 2.25. The molecule has 1 unspecified atom stereocenters. The molecule has 0 aliphatic rings. The number of fused-ring (bicyclic) bond motifs is 1. The molecule has 0 saturated carbocycles. The number of nitrogens with two attached hydrogens (primary N) is 1. The fourth-order valence-electron chi connectivity index (χ4n) is 2.75. The number of hydrogen-bond acceptors (Lipinski definition) is 11. The number of phenolic OH excluding ortho intramolecular Hbond substituents is 1. The molecule has 15 heteroatoms. The van der Waals surface area contributed by atoms with Gasteiger partial charge < -0.3 is 15.4 Å². The maximum atomic E-state index is 12.4. The molecule has 0 aliphatic carbocycles. The number of aromatic hydroxyl groups is 1. The van der Waals surface area contributed by atoms with Gasteiger partial charge in [-0.15, -0.1) is 5.11 Å². The van der Waals surface area contributed by atoms with Crippen molar-refractivity contribution in [1.29, 1.82) is 0 Å². The van der Waals surface area contributed by atoms with Crippen LogP contribution in [0.3, 0.4) is 0 Å². The molecule has 0 spiro atoms. The molecule has 0 bridgehead atoms. The van der Waals surface area contributed by atoms with Gasteiger partial charge in [0.1, 0.15) is 16.3 Å². The van der Waals surface area contributed by atoms with Crippen molar-refractivity contribution in [2.45, 2.75) is 14.7 Å².